The van der Waals surface area contributed by atoms with E-state index >= 15 is 0 Å². The predicted octanol–water partition coefficient (Wildman–Crippen LogP) is 4.05. The van der Waals surface area contributed by atoms with Crippen LogP contribution in [0.3, 0.4) is 0 Å². The summed E-state index contributed by atoms with van der Waals surface area (Å²) in [6.07, 6.45) is 8.99. The quantitative estimate of drug-likeness (QED) is 0.419. The van der Waals surface area contributed by atoms with Gasteiger partial charge in [0.25, 0.3) is 0 Å². The molecule has 0 unspecified atom stereocenters. The third-order valence-corrected chi connectivity index (χ3v) is 6.33. The van der Waals surface area contributed by atoms with Gasteiger partial charge in [0, 0.05) is 25.6 Å². The summed E-state index contributed by atoms with van der Waals surface area (Å²) in [5.74, 6) is 1.83. The Bertz CT molecular complexity index is 1140. The summed E-state index contributed by atoms with van der Waals surface area (Å²) in [5.41, 5.74) is 6.95. The molecule has 1 aliphatic carbocycles. The van der Waals surface area contributed by atoms with Crippen LogP contribution in [-0.2, 0) is 22.4 Å². The zero-order valence-electron chi connectivity index (χ0n) is 19.7. The number of nitrogens with zero attached hydrogens (tertiary/aromatic N) is 4. The number of nitrogens with one attached hydrogen (secondary N) is 1. The van der Waals surface area contributed by atoms with E-state index < -0.39 is 0 Å². The molecule has 2 aliphatic rings. The Morgan fingerprint density at radius 1 is 1.06 bits per heavy atom. The van der Waals surface area contributed by atoms with Crippen molar-refractivity contribution in [2.24, 2.45) is 0 Å². The lowest BCUT2D eigenvalue weighted by atomic mass is 10.1. The number of benzene rings is 1. The second-order valence-corrected chi connectivity index (χ2v) is 8.94. The van der Waals surface area contributed by atoms with Gasteiger partial charge in [0.05, 0.1) is 17.0 Å². The van der Waals surface area contributed by atoms with Gasteiger partial charge in [0.15, 0.2) is 0 Å². The fourth-order valence-electron chi connectivity index (χ4n) is 4.78. The van der Waals surface area contributed by atoms with Crippen LogP contribution >= 0.6 is 0 Å². The molecule has 1 fully saturated rings. The molecule has 3 heterocycles. The summed E-state index contributed by atoms with van der Waals surface area (Å²) in [7, 11) is 0. The summed E-state index contributed by atoms with van der Waals surface area (Å²) >= 11 is 0. The molecule has 0 saturated carbocycles. The van der Waals surface area contributed by atoms with Crippen molar-refractivity contribution in [3.63, 3.8) is 0 Å². The molecule has 2 aromatic heterocycles. The summed E-state index contributed by atoms with van der Waals surface area (Å²) in [6.45, 7) is 6.68. The van der Waals surface area contributed by atoms with E-state index in [2.05, 4.69) is 47.5 Å². The second kappa shape index (κ2) is 11.6. The number of likely N-dealkylation sites (tertiary alicyclic amines) is 1. The van der Waals surface area contributed by atoms with Crippen LogP contribution in [0.4, 0.5) is 5.82 Å². The molecule has 176 valence electrons. The first-order chi connectivity index (χ1) is 16.7. The van der Waals surface area contributed by atoms with Crippen molar-refractivity contribution in [2.45, 2.75) is 45.4 Å². The van der Waals surface area contributed by atoms with Gasteiger partial charge in [-0.1, -0.05) is 42.8 Å². The van der Waals surface area contributed by atoms with Gasteiger partial charge >= 0.3 is 6.15 Å². The highest BCUT2D eigenvalue weighted by atomic mass is 16.2. The van der Waals surface area contributed by atoms with Crippen LogP contribution in [0.25, 0.3) is 11.3 Å². The number of rotatable bonds is 7. The fraction of sp³-hybridized carbons (Fsp3) is 0.407. The number of pyridine rings is 1. The highest BCUT2D eigenvalue weighted by Gasteiger charge is 2.26. The molecule has 34 heavy (non-hydrogen) atoms. The Balaban J connectivity index is 0.000000868. The number of hydrogen-bond acceptors (Lipinski definition) is 7. The predicted molar refractivity (Wildman–Crippen MR) is 130 cm³/mol. The molecule has 1 saturated heterocycles. The molecule has 1 aliphatic heterocycles. The topological polar surface area (TPSA) is 88.1 Å². The van der Waals surface area contributed by atoms with Gasteiger partial charge in [-0.2, -0.15) is 9.59 Å². The number of piperidine rings is 1. The van der Waals surface area contributed by atoms with Crippen LogP contribution in [0, 0.1) is 6.92 Å². The van der Waals surface area contributed by atoms with Crippen molar-refractivity contribution in [1.82, 2.24) is 19.9 Å². The molecule has 0 bridgehead atoms. The van der Waals surface area contributed by atoms with Crippen molar-refractivity contribution < 1.29 is 9.59 Å². The van der Waals surface area contributed by atoms with Gasteiger partial charge in [0.2, 0.25) is 0 Å². The first-order valence-corrected chi connectivity index (χ1v) is 12.0. The average molecular weight is 458 g/mol. The summed E-state index contributed by atoms with van der Waals surface area (Å²) in [5, 5.41) is 3.65. The molecule has 1 aromatic carbocycles. The Labute approximate surface area is 200 Å². The molecule has 0 radical (unpaired) electrons. The van der Waals surface area contributed by atoms with Crippen molar-refractivity contribution >= 4 is 12.0 Å². The Kier molecular flexibility index (Phi) is 8.12. The van der Waals surface area contributed by atoms with Crippen LogP contribution in [0.1, 0.15) is 53.9 Å². The zero-order chi connectivity index (χ0) is 23.8. The summed E-state index contributed by atoms with van der Waals surface area (Å²) in [6, 6.07) is 12.7. The zero-order valence-corrected chi connectivity index (χ0v) is 19.7. The molecular weight excluding hydrogens is 426 g/mol. The number of aromatic nitrogens is 3. The maximum Gasteiger partial charge on any atom is 0.373 e. The largest absolute Gasteiger partial charge is 0.373 e. The maximum atomic E-state index is 8.12. The van der Waals surface area contributed by atoms with E-state index in [1.165, 1.54) is 49.0 Å². The number of hydrogen-bond donors (Lipinski definition) is 1. The number of fused-ring (bicyclic) bond motifs is 3. The number of carbonyl (C=O) groups excluding carboxylic acids is 2. The second-order valence-electron chi connectivity index (χ2n) is 8.94. The lowest BCUT2D eigenvalue weighted by molar-refractivity contribution is -0.191. The standard InChI is InChI=1S/C26H31N5.CO2/c1-19-15-21-17-22-24(25(21)28-18-19)26(27-11-8-14-31-12-6-3-7-13-31)30-23(29-22)16-20-9-4-2-5-10-20;2-1-3/h2,4-5,9-10,15,18H,3,6-8,11-14,16-17H2,1H3,(H,27,29,30);. The molecule has 5 rings (SSSR count). The van der Waals surface area contributed by atoms with Crippen LogP contribution in [0.5, 0.6) is 0 Å². The van der Waals surface area contributed by atoms with E-state index in [1.54, 1.807) is 0 Å². The van der Waals surface area contributed by atoms with E-state index in [9.17, 15) is 0 Å². The fourth-order valence-corrected chi connectivity index (χ4v) is 4.78. The van der Waals surface area contributed by atoms with Crippen molar-refractivity contribution in [3.8, 4) is 11.3 Å². The van der Waals surface area contributed by atoms with Crippen LogP contribution in [0.2, 0.25) is 0 Å². The minimum Gasteiger partial charge on any atom is -0.369 e. The van der Waals surface area contributed by atoms with E-state index in [0.29, 0.717) is 0 Å². The molecule has 0 spiro atoms. The van der Waals surface area contributed by atoms with Gasteiger partial charge in [-0.3, -0.25) is 4.98 Å². The van der Waals surface area contributed by atoms with E-state index in [0.717, 1.165) is 60.9 Å². The molecule has 1 N–H and O–H groups in total. The Morgan fingerprint density at radius 2 is 1.82 bits per heavy atom. The van der Waals surface area contributed by atoms with E-state index in [4.69, 9.17) is 24.5 Å². The first-order valence-electron chi connectivity index (χ1n) is 12.0. The Hall–Kier alpha value is -3.41. The number of anilines is 1. The third-order valence-electron chi connectivity index (χ3n) is 6.33. The van der Waals surface area contributed by atoms with Gasteiger partial charge in [0.1, 0.15) is 11.6 Å². The molecule has 0 atom stereocenters. The van der Waals surface area contributed by atoms with Crippen molar-refractivity contribution in [2.75, 3.05) is 31.5 Å². The average Bonchev–Trinajstić information content (AvgIpc) is 3.21. The molecule has 3 aromatic rings. The monoisotopic (exact) mass is 457 g/mol. The van der Waals surface area contributed by atoms with Gasteiger partial charge < -0.3 is 10.2 Å². The molecule has 0 amide bonds. The van der Waals surface area contributed by atoms with E-state index in [-0.39, 0.29) is 6.15 Å². The summed E-state index contributed by atoms with van der Waals surface area (Å²) in [4.78, 5) is 33.5. The normalized spacial score (nSPS) is 14.4. The minimum atomic E-state index is 0.250. The van der Waals surface area contributed by atoms with Crippen LogP contribution in [0.15, 0.2) is 42.6 Å². The molecular formula is C27H31N5O2. The SMILES string of the molecule is Cc1cnc2c(c1)Cc1nc(Cc3ccccc3)nc(NCCCN3CCCCC3)c1-2.O=C=O. The van der Waals surface area contributed by atoms with E-state index in [1.807, 2.05) is 12.3 Å². The molecule has 7 heteroatoms. The molecule has 7 nitrogen and oxygen atoms in total. The maximum absolute atomic E-state index is 8.12. The van der Waals surface area contributed by atoms with Crippen molar-refractivity contribution in [1.29, 1.82) is 0 Å². The Morgan fingerprint density at radius 3 is 2.59 bits per heavy atom. The first kappa shape index (κ1) is 23.7. The highest BCUT2D eigenvalue weighted by Crippen LogP contribution is 2.38. The third kappa shape index (κ3) is 5.93. The minimum absolute atomic E-state index is 0.250. The van der Waals surface area contributed by atoms with Gasteiger partial charge in [-0.25, -0.2) is 9.97 Å². The smallest absolute Gasteiger partial charge is 0.369 e. The summed E-state index contributed by atoms with van der Waals surface area (Å²) < 4.78 is 0. The lowest BCUT2D eigenvalue weighted by Gasteiger charge is -2.26. The highest BCUT2D eigenvalue weighted by molar-refractivity contribution is 5.81. The van der Waals surface area contributed by atoms with Crippen LogP contribution in [-0.4, -0.2) is 52.2 Å². The van der Waals surface area contributed by atoms with Gasteiger partial charge in [-0.15, -0.1) is 0 Å². The van der Waals surface area contributed by atoms with Crippen molar-refractivity contribution in [3.05, 3.63) is 70.8 Å². The van der Waals surface area contributed by atoms with Crippen LogP contribution < -0.4 is 5.32 Å². The lowest BCUT2D eigenvalue weighted by Crippen LogP contribution is -2.31. The number of aryl methyl sites for hydroxylation is 1. The van der Waals surface area contributed by atoms with Gasteiger partial charge in [-0.05, 0) is 62.5 Å².